The average Bonchev–Trinajstić information content (AvgIpc) is 2.45. The molecule has 2 aromatic rings. The highest BCUT2D eigenvalue weighted by molar-refractivity contribution is 7.98. The fourth-order valence-corrected chi connectivity index (χ4v) is 3.08. The van der Waals surface area contributed by atoms with E-state index >= 15 is 0 Å². The first-order chi connectivity index (χ1) is 10.0. The summed E-state index contributed by atoms with van der Waals surface area (Å²) in [7, 11) is 1.86. The summed E-state index contributed by atoms with van der Waals surface area (Å²) in [5.41, 5.74) is 2.12. The van der Waals surface area contributed by atoms with E-state index in [2.05, 4.69) is 29.1 Å². The molecule has 5 heteroatoms. The molecule has 112 valence electrons. The molecule has 1 heterocycles. The van der Waals surface area contributed by atoms with Crippen molar-refractivity contribution >= 4 is 17.6 Å². The minimum absolute atomic E-state index is 0.202. The van der Waals surface area contributed by atoms with E-state index in [9.17, 15) is 4.39 Å². The predicted octanol–water partition coefficient (Wildman–Crippen LogP) is 4.38. The lowest BCUT2D eigenvalue weighted by Crippen LogP contribution is -2.08. The number of halogens is 1. The van der Waals surface area contributed by atoms with Crippen LogP contribution in [0.25, 0.3) is 0 Å². The lowest BCUT2D eigenvalue weighted by molar-refractivity contribution is 0.602. The first-order valence-corrected chi connectivity index (χ1v) is 7.94. The van der Waals surface area contributed by atoms with Crippen molar-refractivity contribution in [1.82, 2.24) is 9.97 Å². The number of rotatable bonds is 5. The minimum Gasteiger partial charge on any atom is -0.373 e. The molecule has 0 amide bonds. The van der Waals surface area contributed by atoms with Gasteiger partial charge in [0.2, 0.25) is 0 Å². The molecule has 0 aliphatic carbocycles. The number of nitrogens with zero attached hydrogens (tertiary/aromatic N) is 2. The quantitative estimate of drug-likeness (QED) is 0.832. The molecule has 2 rings (SSSR count). The van der Waals surface area contributed by atoms with Gasteiger partial charge in [-0.3, -0.25) is 0 Å². The molecular weight excluding hydrogens is 285 g/mol. The number of aromatic nitrogens is 2. The molecule has 1 aromatic heterocycles. The summed E-state index contributed by atoms with van der Waals surface area (Å²) < 4.78 is 13.6. The van der Waals surface area contributed by atoms with Crippen LogP contribution in [-0.2, 0) is 5.75 Å². The molecule has 0 aliphatic rings. The molecule has 21 heavy (non-hydrogen) atoms. The molecule has 0 saturated carbocycles. The summed E-state index contributed by atoms with van der Waals surface area (Å²) in [4.78, 5) is 9.73. The molecule has 0 atom stereocenters. The van der Waals surface area contributed by atoms with Gasteiger partial charge in [-0.2, -0.15) is 0 Å². The lowest BCUT2D eigenvalue weighted by Gasteiger charge is -2.15. The minimum atomic E-state index is -0.202. The van der Waals surface area contributed by atoms with Gasteiger partial charge in [0.1, 0.15) is 17.5 Å². The molecule has 3 nitrogen and oxygen atoms in total. The number of hydrogen-bond acceptors (Lipinski definition) is 4. The van der Waals surface area contributed by atoms with E-state index in [0.29, 0.717) is 16.6 Å². The summed E-state index contributed by atoms with van der Waals surface area (Å²) in [6.07, 6.45) is 0. The Labute approximate surface area is 129 Å². The van der Waals surface area contributed by atoms with Crippen molar-refractivity contribution in [1.29, 1.82) is 0 Å². The normalized spacial score (nSPS) is 11.0. The second kappa shape index (κ2) is 6.89. The summed E-state index contributed by atoms with van der Waals surface area (Å²) in [5, 5.41) is 3.13. The van der Waals surface area contributed by atoms with Gasteiger partial charge in [-0.1, -0.05) is 26.0 Å². The third kappa shape index (κ3) is 3.73. The topological polar surface area (TPSA) is 37.8 Å². The van der Waals surface area contributed by atoms with Crippen LogP contribution in [0.2, 0.25) is 0 Å². The zero-order chi connectivity index (χ0) is 15.4. The molecular formula is C16H20FN3S. The van der Waals surface area contributed by atoms with Crippen LogP contribution in [0.15, 0.2) is 29.2 Å². The molecule has 0 spiro atoms. The molecule has 0 radical (unpaired) electrons. The second-order valence-corrected chi connectivity index (χ2v) is 6.13. The number of aryl methyl sites for hydroxylation is 1. The van der Waals surface area contributed by atoms with Crippen LogP contribution in [-0.4, -0.2) is 17.0 Å². The maximum atomic E-state index is 13.6. The van der Waals surface area contributed by atoms with E-state index in [1.165, 1.54) is 17.8 Å². The van der Waals surface area contributed by atoms with Crippen LogP contribution in [0, 0.1) is 12.7 Å². The highest BCUT2D eigenvalue weighted by Crippen LogP contribution is 2.28. The Morgan fingerprint density at radius 3 is 2.57 bits per heavy atom. The van der Waals surface area contributed by atoms with Crippen LogP contribution in [0.1, 0.15) is 36.8 Å². The Morgan fingerprint density at radius 2 is 1.95 bits per heavy atom. The molecule has 0 saturated heterocycles. The Balaban J connectivity index is 2.22. The van der Waals surface area contributed by atoms with Crippen LogP contribution in [0.5, 0.6) is 0 Å². The molecule has 0 bridgehead atoms. The van der Waals surface area contributed by atoms with Crippen molar-refractivity contribution in [3.05, 3.63) is 47.2 Å². The van der Waals surface area contributed by atoms with Crippen LogP contribution in [0.4, 0.5) is 10.2 Å². The smallest absolute Gasteiger partial charge is 0.141 e. The first-order valence-electron chi connectivity index (χ1n) is 6.95. The van der Waals surface area contributed by atoms with Gasteiger partial charge in [-0.15, -0.1) is 11.8 Å². The Kier molecular flexibility index (Phi) is 5.17. The van der Waals surface area contributed by atoms with Gasteiger partial charge in [0, 0.05) is 23.2 Å². The lowest BCUT2D eigenvalue weighted by atomic mass is 10.0. The molecule has 0 unspecified atom stereocenters. The Morgan fingerprint density at radius 1 is 1.24 bits per heavy atom. The van der Waals surface area contributed by atoms with Gasteiger partial charge in [0.15, 0.2) is 0 Å². The zero-order valence-electron chi connectivity index (χ0n) is 12.8. The van der Waals surface area contributed by atoms with Crippen molar-refractivity contribution < 1.29 is 4.39 Å². The maximum Gasteiger partial charge on any atom is 0.141 e. The zero-order valence-corrected chi connectivity index (χ0v) is 13.6. The summed E-state index contributed by atoms with van der Waals surface area (Å²) >= 11 is 1.41. The van der Waals surface area contributed by atoms with Gasteiger partial charge in [0.25, 0.3) is 0 Å². The molecule has 1 aromatic carbocycles. The largest absolute Gasteiger partial charge is 0.373 e. The van der Waals surface area contributed by atoms with E-state index in [1.54, 1.807) is 12.1 Å². The highest BCUT2D eigenvalue weighted by atomic mass is 32.2. The van der Waals surface area contributed by atoms with Gasteiger partial charge < -0.3 is 5.32 Å². The van der Waals surface area contributed by atoms with E-state index in [-0.39, 0.29) is 5.82 Å². The van der Waals surface area contributed by atoms with E-state index in [4.69, 9.17) is 0 Å². The Bertz CT molecular complexity index is 629. The predicted molar refractivity (Wildman–Crippen MR) is 86.4 cm³/mol. The standard InChI is InChI=1S/C16H20FN3S/c1-10(2)15-11(3)19-14(20-16(15)18-4)9-21-13-8-6-5-7-12(13)17/h5-8,10H,9H2,1-4H3,(H,18,19,20). The number of anilines is 1. The van der Waals surface area contributed by atoms with Crippen molar-refractivity contribution in [3.63, 3.8) is 0 Å². The fourth-order valence-electron chi connectivity index (χ4n) is 2.29. The van der Waals surface area contributed by atoms with Crippen LogP contribution < -0.4 is 5.32 Å². The number of hydrogen-bond donors (Lipinski definition) is 1. The van der Waals surface area contributed by atoms with E-state index in [1.807, 2.05) is 20.0 Å². The monoisotopic (exact) mass is 305 g/mol. The van der Waals surface area contributed by atoms with E-state index in [0.717, 1.165) is 22.9 Å². The molecule has 0 fully saturated rings. The van der Waals surface area contributed by atoms with Crippen LogP contribution >= 0.6 is 11.8 Å². The second-order valence-electron chi connectivity index (χ2n) is 5.11. The highest BCUT2D eigenvalue weighted by Gasteiger charge is 2.14. The third-order valence-corrected chi connectivity index (χ3v) is 4.23. The Hall–Kier alpha value is -1.62. The SMILES string of the molecule is CNc1nc(CSc2ccccc2F)nc(C)c1C(C)C. The van der Waals surface area contributed by atoms with Crippen molar-refractivity contribution in [2.45, 2.75) is 37.3 Å². The first kappa shape index (κ1) is 15.8. The fraction of sp³-hybridized carbons (Fsp3) is 0.375. The average molecular weight is 305 g/mol. The van der Waals surface area contributed by atoms with Crippen molar-refractivity contribution in [2.24, 2.45) is 0 Å². The van der Waals surface area contributed by atoms with Crippen LogP contribution in [0.3, 0.4) is 0 Å². The van der Waals surface area contributed by atoms with Gasteiger partial charge in [-0.05, 0) is 25.0 Å². The summed E-state index contributed by atoms with van der Waals surface area (Å²) in [5.74, 6) is 2.29. The maximum absolute atomic E-state index is 13.6. The van der Waals surface area contributed by atoms with Gasteiger partial charge in [0.05, 0.1) is 5.75 Å². The molecule has 0 aliphatic heterocycles. The number of benzene rings is 1. The third-order valence-electron chi connectivity index (χ3n) is 3.19. The van der Waals surface area contributed by atoms with Gasteiger partial charge in [-0.25, -0.2) is 14.4 Å². The van der Waals surface area contributed by atoms with Crippen molar-refractivity contribution in [2.75, 3.05) is 12.4 Å². The van der Waals surface area contributed by atoms with Crippen molar-refractivity contribution in [3.8, 4) is 0 Å². The van der Waals surface area contributed by atoms with Gasteiger partial charge >= 0.3 is 0 Å². The summed E-state index contributed by atoms with van der Waals surface area (Å²) in [6.45, 7) is 6.25. The summed E-state index contributed by atoms with van der Waals surface area (Å²) in [6, 6.07) is 6.76. The number of nitrogens with one attached hydrogen (secondary N) is 1. The molecule has 1 N–H and O–H groups in total. The van der Waals surface area contributed by atoms with E-state index < -0.39 is 0 Å². The number of thioether (sulfide) groups is 1.